The van der Waals surface area contributed by atoms with Crippen LogP contribution in [0.2, 0.25) is 0 Å². The minimum absolute atomic E-state index is 0.112. The Balaban J connectivity index is 1.81. The Bertz CT molecular complexity index is 899. The van der Waals surface area contributed by atoms with Crippen molar-refractivity contribution >= 4 is 23.6 Å². The number of carbonyl (C=O) groups is 3. The van der Waals surface area contributed by atoms with E-state index in [9.17, 15) is 24.6 Å². The summed E-state index contributed by atoms with van der Waals surface area (Å²) in [6, 6.07) is 10.4. The molecule has 0 heterocycles. The van der Waals surface area contributed by atoms with Crippen LogP contribution < -0.4 is 16.0 Å². The highest BCUT2D eigenvalue weighted by Gasteiger charge is 2.16. The van der Waals surface area contributed by atoms with E-state index in [-0.39, 0.29) is 36.1 Å². The fourth-order valence-corrected chi connectivity index (χ4v) is 2.37. The van der Waals surface area contributed by atoms with Crippen LogP contribution in [0.5, 0.6) is 11.5 Å². The van der Waals surface area contributed by atoms with Crippen molar-refractivity contribution in [2.45, 2.75) is 32.9 Å². The highest BCUT2D eigenvalue weighted by Crippen LogP contribution is 2.21. The first-order valence-electron chi connectivity index (χ1n) is 9.19. The zero-order valence-electron chi connectivity index (χ0n) is 17.0. The molecule has 2 aromatic rings. The van der Waals surface area contributed by atoms with E-state index in [1.807, 2.05) is 0 Å². The van der Waals surface area contributed by atoms with E-state index in [2.05, 4.69) is 16.0 Å². The van der Waals surface area contributed by atoms with Crippen LogP contribution in [0, 0.1) is 0 Å². The Morgan fingerprint density at radius 3 is 2.10 bits per heavy atom. The number of phenols is 2. The lowest BCUT2D eigenvalue weighted by Crippen LogP contribution is -2.39. The van der Waals surface area contributed by atoms with Crippen molar-refractivity contribution in [1.29, 1.82) is 0 Å². The molecular weight excluding hydrogens is 390 g/mol. The summed E-state index contributed by atoms with van der Waals surface area (Å²) in [5, 5.41) is 26.6. The van der Waals surface area contributed by atoms with E-state index in [4.69, 9.17) is 4.74 Å². The zero-order chi connectivity index (χ0) is 22.3. The van der Waals surface area contributed by atoms with E-state index in [1.54, 1.807) is 45.0 Å². The highest BCUT2D eigenvalue weighted by atomic mass is 16.6. The number of rotatable bonds is 6. The van der Waals surface area contributed by atoms with Crippen LogP contribution >= 0.6 is 0 Å². The minimum Gasteiger partial charge on any atom is -0.508 e. The molecule has 9 nitrogen and oxygen atoms in total. The SMILES string of the molecule is CC(C)(C)OC(=O)NCC(=O)NCc1ccc(NC(=O)c2cc(O)cc(O)c2)cc1. The topological polar surface area (TPSA) is 137 Å². The second-order valence-corrected chi connectivity index (χ2v) is 7.52. The molecule has 3 amide bonds. The third-order valence-electron chi connectivity index (χ3n) is 3.66. The lowest BCUT2D eigenvalue weighted by molar-refractivity contribution is -0.120. The first kappa shape index (κ1) is 22.5. The second-order valence-electron chi connectivity index (χ2n) is 7.52. The summed E-state index contributed by atoms with van der Waals surface area (Å²) in [7, 11) is 0. The maximum Gasteiger partial charge on any atom is 0.408 e. The number of anilines is 1. The van der Waals surface area contributed by atoms with Gasteiger partial charge in [-0.15, -0.1) is 0 Å². The predicted molar refractivity (Wildman–Crippen MR) is 110 cm³/mol. The monoisotopic (exact) mass is 415 g/mol. The second kappa shape index (κ2) is 9.64. The van der Waals surface area contributed by atoms with Gasteiger partial charge in [-0.2, -0.15) is 0 Å². The normalized spacial score (nSPS) is 10.8. The molecule has 0 aromatic heterocycles. The number of amides is 3. The molecule has 0 fully saturated rings. The molecule has 0 bridgehead atoms. The largest absolute Gasteiger partial charge is 0.508 e. The summed E-state index contributed by atoms with van der Waals surface area (Å²) in [6.45, 7) is 5.22. The molecule has 5 N–H and O–H groups in total. The maximum absolute atomic E-state index is 12.2. The maximum atomic E-state index is 12.2. The Kier molecular flexibility index (Phi) is 7.24. The van der Waals surface area contributed by atoms with Crippen LogP contribution in [0.4, 0.5) is 10.5 Å². The molecule has 30 heavy (non-hydrogen) atoms. The van der Waals surface area contributed by atoms with Gasteiger partial charge in [-0.3, -0.25) is 9.59 Å². The third-order valence-corrected chi connectivity index (χ3v) is 3.66. The van der Waals surface area contributed by atoms with Gasteiger partial charge in [-0.25, -0.2) is 4.79 Å². The zero-order valence-corrected chi connectivity index (χ0v) is 17.0. The molecule has 2 aromatic carbocycles. The molecular formula is C21H25N3O6. The molecule has 160 valence electrons. The van der Waals surface area contributed by atoms with Gasteiger partial charge in [0.15, 0.2) is 0 Å². The fraction of sp³-hybridized carbons (Fsp3) is 0.286. The van der Waals surface area contributed by atoms with E-state index >= 15 is 0 Å². The summed E-state index contributed by atoms with van der Waals surface area (Å²) < 4.78 is 5.05. The minimum atomic E-state index is -0.669. The van der Waals surface area contributed by atoms with Crippen molar-refractivity contribution in [3.63, 3.8) is 0 Å². The molecule has 0 saturated heterocycles. The smallest absolute Gasteiger partial charge is 0.408 e. The van der Waals surface area contributed by atoms with E-state index in [1.165, 1.54) is 12.1 Å². The summed E-state index contributed by atoms with van der Waals surface area (Å²) in [5.41, 5.74) is 0.762. The standard InChI is InChI=1S/C21H25N3O6/c1-21(2,3)30-20(29)23-12-18(27)22-11-13-4-6-15(7-5-13)24-19(28)14-8-16(25)10-17(26)9-14/h4-10,25-26H,11-12H2,1-3H3,(H,22,27)(H,23,29)(H,24,28). The first-order valence-corrected chi connectivity index (χ1v) is 9.19. The molecule has 9 heteroatoms. The fourth-order valence-electron chi connectivity index (χ4n) is 2.37. The molecule has 0 radical (unpaired) electrons. The van der Waals surface area contributed by atoms with Crippen molar-refractivity contribution in [3.05, 3.63) is 53.6 Å². The predicted octanol–water partition coefficient (Wildman–Crippen LogP) is 2.49. The van der Waals surface area contributed by atoms with Crippen LogP contribution in [0.25, 0.3) is 0 Å². The number of nitrogens with one attached hydrogen (secondary N) is 3. The van der Waals surface area contributed by atoms with Gasteiger partial charge in [-0.05, 0) is 50.6 Å². The van der Waals surface area contributed by atoms with Crippen molar-refractivity contribution in [2.24, 2.45) is 0 Å². The Morgan fingerprint density at radius 2 is 1.53 bits per heavy atom. The lowest BCUT2D eigenvalue weighted by Gasteiger charge is -2.19. The number of benzene rings is 2. The summed E-state index contributed by atoms with van der Waals surface area (Å²) in [5.74, 6) is -1.29. The van der Waals surface area contributed by atoms with Gasteiger partial charge < -0.3 is 30.9 Å². The van der Waals surface area contributed by atoms with Crippen LogP contribution in [0.15, 0.2) is 42.5 Å². The van der Waals surface area contributed by atoms with Gasteiger partial charge in [-0.1, -0.05) is 12.1 Å². The van der Waals surface area contributed by atoms with Gasteiger partial charge >= 0.3 is 6.09 Å². The molecule has 0 unspecified atom stereocenters. The number of hydrogen-bond acceptors (Lipinski definition) is 6. The summed E-state index contributed by atoms with van der Waals surface area (Å²) in [6.07, 6.45) is -0.669. The Morgan fingerprint density at radius 1 is 0.933 bits per heavy atom. The number of aromatic hydroxyl groups is 2. The molecule has 0 saturated carbocycles. The van der Waals surface area contributed by atoms with E-state index < -0.39 is 17.6 Å². The molecule has 0 aliphatic rings. The number of alkyl carbamates (subject to hydrolysis) is 1. The molecule has 2 rings (SSSR count). The van der Waals surface area contributed by atoms with Crippen LogP contribution in [-0.2, 0) is 16.1 Å². The van der Waals surface area contributed by atoms with Gasteiger partial charge in [0.25, 0.3) is 5.91 Å². The van der Waals surface area contributed by atoms with Gasteiger partial charge in [0.05, 0.1) is 0 Å². The molecule has 0 atom stereocenters. The van der Waals surface area contributed by atoms with Crippen molar-refractivity contribution in [1.82, 2.24) is 10.6 Å². The van der Waals surface area contributed by atoms with E-state index in [0.717, 1.165) is 11.6 Å². The molecule has 0 aliphatic carbocycles. The molecule has 0 aliphatic heterocycles. The first-order chi connectivity index (χ1) is 14.0. The van der Waals surface area contributed by atoms with Crippen molar-refractivity contribution in [2.75, 3.05) is 11.9 Å². The summed E-state index contributed by atoms with van der Waals surface area (Å²) >= 11 is 0. The third kappa shape index (κ3) is 7.70. The summed E-state index contributed by atoms with van der Waals surface area (Å²) in [4.78, 5) is 35.6. The molecule has 0 spiro atoms. The van der Waals surface area contributed by atoms with Gasteiger partial charge in [0.2, 0.25) is 5.91 Å². The van der Waals surface area contributed by atoms with Gasteiger partial charge in [0.1, 0.15) is 23.6 Å². The average molecular weight is 415 g/mol. The quantitative estimate of drug-likeness (QED) is 0.492. The Hall–Kier alpha value is -3.75. The van der Waals surface area contributed by atoms with Crippen LogP contribution in [0.1, 0.15) is 36.7 Å². The number of carbonyl (C=O) groups excluding carboxylic acids is 3. The van der Waals surface area contributed by atoms with E-state index in [0.29, 0.717) is 5.69 Å². The van der Waals surface area contributed by atoms with Crippen molar-refractivity contribution < 1.29 is 29.3 Å². The average Bonchev–Trinajstić information content (AvgIpc) is 2.63. The Labute approximate surface area is 174 Å². The lowest BCUT2D eigenvalue weighted by atomic mass is 10.1. The van der Waals surface area contributed by atoms with Gasteiger partial charge in [0, 0.05) is 23.9 Å². The number of phenolic OH excluding ortho intramolecular Hbond substituents is 2. The number of hydrogen-bond donors (Lipinski definition) is 5. The van der Waals surface area contributed by atoms with Crippen LogP contribution in [0.3, 0.4) is 0 Å². The van der Waals surface area contributed by atoms with Crippen molar-refractivity contribution in [3.8, 4) is 11.5 Å². The van der Waals surface area contributed by atoms with Crippen LogP contribution in [-0.4, -0.2) is 40.3 Å². The highest BCUT2D eigenvalue weighted by molar-refractivity contribution is 6.04. The number of ether oxygens (including phenoxy) is 1.